The van der Waals surface area contributed by atoms with Gasteiger partial charge in [-0.2, -0.15) is 11.8 Å². The average molecular weight is 286 g/mol. The summed E-state index contributed by atoms with van der Waals surface area (Å²) in [5.41, 5.74) is -0.737. The van der Waals surface area contributed by atoms with Crippen LogP contribution in [-0.4, -0.2) is 46.8 Å². The van der Waals surface area contributed by atoms with Gasteiger partial charge in [0.25, 0.3) is 0 Å². The van der Waals surface area contributed by atoms with E-state index in [2.05, 4.69) is 12.2 Å². The van der Waals surface area contributed by atoms with Gasteiger partial charge in [-0.1, -0.05) is 27.2 Å². The summed E-state index contributed by atoms with van der Waals surface area (Å²) < 4.78 is 0. The van der Waals surface area contributed by atoms with Crippen molar-refractivity contribution in [1.29, 1.82) is 0 Å². The Labute approximate surface area is 120 Å². The van der Waals surface area contributed by atoms with Gasteiger partial charge in [-0.15, -0.1) is 0 Å². The van der Waals surface area contributed by atoms with E-state index >= 15 is 0 Å². The number of thioether (sulfide) groups is 1. The van der Waals surface area contributed by atoms with Crippen molar-refractivity contribution < 1.29 is 9.59 Å². The lowest BCUT2D eigenvalue weighted by Gasteiger charge is -2.46. The fourth-order valence-corrected chi connectivity index (χ4v) is 2.82. The lowest BCUT2D eigenvalue weighted by Crippen LogP contribution is -2.70. The summed E-state index contributed by atoms with van der Waals surface area (Å²) in [7, 11) is 0. The van der Waals surface area contributed by atoms with Gasteiger partial charge in [0.05, 0.1) is 0 Å². The molecule has 3 atom stereocenters. The number of rotatable bonds is 6. The molecule has 0 bridgehead atoms. The number of carbonyl (C=O) groups is 2. The van der Waals surface area contributed by atoms with E-state index in [4.69, 9.17) is 0 Å². The molecule has 0 spiro atoms. The van der Waals surface area contributed by atoms with Gasteiger partial charge in [0.1, 0.15) is 11.6 Å². The van der Waals surface area contributed by atoms with Crippen LogP contribution in [0.1, 0.15) is 40.5 Å². The highest BCUT2D eigenvalue weighted by Gasteiger charge is 2.47. The third-order valence-electron chi connectivity index (χ3n) is 4.16. The van der Waals surface area contributed by atoms with Crippen molar-refractivity contribution in [2.45, 2.75) is 52.1 Å². The van der Waals surface area contributed by atoms with Crippen LogP contribution in [0.25, 0.3) is 0 Å². The SMILES string of the molecule is CCC(C)C1C(=O)NC(C)(CC)C(=O)N1CCSC. The largest absolute Gasteiger partial charge is 0.340 e. The summed E-state index contributed by atoms with van der Waals surface area (Å²) in [6.07, 6.45) is 3.54. The maximum absolute atomic E-state index is 12.7. The standard InChI is InChI=1S/C14H26N2O2S/c1-6-10(3)11-12(17)15-14(4,7-2)13(18)16(11)8-9-19-5/h10-11H,6-9H2,1-5H3,(H,15,17). The Morgan fingerprint density at radius 3 is 2.53 bits per heavy atom. The maximum atomic E-state index is 12.7. The van der Waals surface area contributed by atoms with Crippen molar-refractivity contribution in [3.05, 3.63) is 0 Å². The van der Waals surface area contributed by atoms with Crippen molar-refractivity contribution >= 4 is 23.6 Å². The zero-order valence-electron chi connectivity index (χ0n) is 12.7. The van der Waals surface area contributed by atoms with Crippen LogP contribution in [0.3, 0.4) is 0 Å². The first kappa shape index (κ1) is 16.3. The van der Waals surface area contributed by atoms with Crippen LogP contribution in [0.15, 0.2) is 0 Å². The topological polar surface area (TPSA) is 49.4 Å². The number of hydrogen-bond acceptors (Lipinski definition) is 3. The fourth-order valence-electron chi connectivity index (χ4n) is 2.44. The Balaban J connectivity index is 3.03. The van der Waals surface area contributed by atoms with Gasteiger partial charge in [0, 0.05) is 12.3 Å². The first-order valence-electron chi connectivity index (χ1n) is 7.03. The minimum atomic E-state index is -0.737. The highest BCUT2D eigenvalue weighted by molar-refractivity contribution is 7.98. The van der Waals surface area contributed by atoms with Crippen LogP contribution in [0.2, 0.25) is 0 Å². The number of amides is 2. The van der Waals surface area contributed by atoms with Crippen molar-refractivity contribution in [3.8, 4) is 0 Å². The molecule has 1 heterocycles. The van der Waals surface area contributed by atoms with Crippen LogP contribution in [0.4, 0.5) is 0 Å². The zero-order valence-corrected chi connectivity index (χ0v) is 13.5. The zero-order chi connectivity index (χ0) is 14.6. The summed E-state index contributed by atoms with van der Waals surface area (Å²) in [4.78, 5) is 26.8. The van der Waals surface area contributed by atoms with Crippen LogP contribution >= 0.6 is 11.8 Å². The number of nitrogens with zero attached hydrogens (tertiary/aromatic N) is 1. The maximum Gasteiger partial charge on any atom is 0.248 e. The van der Waals surface area contributed by atoms with E-state index in [0.29, 0.717) is 13.0 Å². The van der Waals surface area contributed by atoms with E-state index in [1.54, 1.807) is 16.7 Å². The monoisotopic (exact) mass is 286 g/mol. The highest BCUT2D eigenvalue weighted by Crippen LogP contribution is 2.26. The molecule has 0 saturated carbocycles. The fraction of sp³-hybridized carbons (Fsp3) is 0.857. The molecule has 0 radical (unpaired) electrons. The summed E-state index contributed by atoms with van der Waals surface area (Å²) in [5, 5.41) is 2.93. The number of piperazine rings is 1. The molecule has 2 amide bonds. The van der Waals surface area contributed by atoms with E-state index in [0.717, 1.165) is 12.2 Å². The van der Waals surface area contributed by atoms with Gasteiger partial charge in [-0.05, 0) is 25.5 Å². The molecule has 0 aromatic carbocycles. The smallest absolute Gasteiger partial charge is 0.248 e. The summed E-state index contributed by atoms with van der Waals surface area (Å²) >= 11 is 1.70. The molecule has 1 saturated heterocycles. The lowest BCUT2D eigenvalue weighted by molar-refractivity contribution is -0.156. The van der Waals surface area contributed by atoms with E-state index in [1.165, 1.54) is 0 Å². The molecule has 5 heteroatoms. The van der Waals surface area contributed by atoms with E-state index < -0.39 is 5.54 Å². The number of carbonyl (C=O) groups excluding carboxylic acids is 2. The minimum absolute atomic E-state index is 0.000553. The van der Waals surface area contributed by atoms with Gasteiger partial charge in [-0.3, -0.25) is 9.59 Å². The molecule has 1 fully saturated rings. The lowest BCUT2D eigenvalue weighted by atomic mass is 9.87. The van der Waals surface area contributed by atoms with Crippen molar-refractivity contribution in [2.75, 3.05) is 18.6 Å². The molecule has 0 aromatic rings. The van der Waals surface area contributed by atoms with Crippen LogP contribution in [-0.2, 0) is 9.59 Å². The molecular formula is C14H26N2O2S. The summed E-state index contributed by atoms with van der Waals surface area (Å²) in [6, 6.07) is -0.315. The van der Waals surface area contributed by atoms with Gasteiger partial charge < -0.3 is 10.2 Å². The second-order valence-electron chi connectivity index (χ2n) is 5.50. The van der Waals surface area contributed by atoms with Crippen LogP contribution in [0.5, 0.6) is 0 Å². The highest BCUT2D eigenvalue weighted by atomic mass is 32.2. The molecule has 0 aromatic heterocycles. The van der Waals surface area contributed by atoms with Gasteiger partial charge in [0.2, 0.25) is 11.8 Å². The Morgan fingerprint density at radius 1 is 1.42 bits per heavy atom. The normalized spacial score (nSPS) is 29.3. The molecule has 19 heavy (non-hydrogen) atoms. The van der Waals surface area contributed by atoms with E-state index in [9.17, 15) is 9.59 Å². The predicted molar refractivity (Wildman–Crippen MR) is 80.2 cm³/mol. The molecule has 110 valence electrons. The van der Waals surface area contributed by atoms with E-state index in [1.807, 2.05) is 27.0 Å². The first-order chi connectivity index (χ1) is 8.91. The van der Waals surface area contributed by atoms with Crippen molar-refractivity contribution in [2.24, 2.45) is 5.92 Å². The van der Waals surface area contributed by atoms with Crippen molar-refractivity contribution in [1.82, 2.24) is 10.2 Å². The first-order valence-corrected chi connectivity index (χ1v) is 8.42. The third-order valence-corrected chi connectivity index (χ3v) is 4.75. The van der Waals surface area contributed by atoms with Crippen LogP contribution in [0, 0.1) is 5.92 Å². The van der Waals surface area contributed by atoms with Gasteiger partial charge >= 0.3 is 0 Å². The molecule has 1 aliphatic rings. The summed E-state index contributed by atoms with van der Waals surface area (Å²) in [5.74, 6) is 1.12. The Morgan fingerprint density at radius 2 is 2.05 bits per heavy atom. The third kappa shape index (κ3) is 3.25. The average Bonchev–Trinajstić information content (AvgIpc) is 2.40. The second-order valence-corrected chi connectivity index (χ2v) is 6.48. The minimum Gasteiger partial charge on any atom is -0.340 e. The Bertz CT molecular complexity index is 348. The molecule has 4 nitrogen and oxygen atoms in total. The Hall–Kier alpha value is -0.710. The summed E-state index contributed by atoms with van der Waals surface area (Å²) in [6.45, 7) is 8.51. The molecular weight excluding hydrogens is 260 g/mol. The molecule has 0 aliphatic carbocycles. The quantitative estimate of drug-likeness (QED) is 0.811. The molecule has 1 N–H and O–H groups in total. The van der Waals surface area contributed by atoms with Gasteiger partial charge in [-0.25, -0.2) is 0 Å². The predicted octanol–water partition coefficient (Wildman–Crippen LogP) is 1.89. The van der Waals surface area contributed by atoms with E-state index in [-0.39, 0.29) is 23.8 Å². The number of hydrogen-bond donors (Lipinski definition) is 1. The molecule has 1 rings (SSSR count). The molecule has 1 aliphatic heterocycles. The number of nitrogens with one attached hydrogen (secondary N) is 1. The van der Waals surface area contributed by atoms with Crippen LogP contribution < -0.4 is 5.32 Å². The van der Waals surface area contributed by atoms with Gasteiger partial charge in [0.15, 0.2) is 0 Å². The Kier molecular flexibility index (Phi) is 5.71. The van der Waals surface area contributed by atoms with Crippen molar-refractivity contribution in [3.63, 3.8) is 0 Å². The second kappa shape index (κ2) is 6.64. The molecule has 3 unspecified atom stereocenters.